The predicted molar refractivity (Wildman–Crippen MR) is 114 cm³/mol. The number of ether oxygens (including phenoxy) is 1. The van der Waals surface area contributed by atoms with E-state index in [0.29, 0.717) is 16.5 Å². The van der Waals surface area contributed by atoms with E-state index in [1.807, 2.05) is 30.3 Å². The number of nitrogens with zero attached hydrogens (tertiary/aromatic N) is 3. The predicted octanol–water partition coefficient (Wildman–Crippen LogP) is 4.91. The summed E-state index contributed by atoms with van der Waals surface area (Å²) < 4.78 is 12.1. The Balaban J connectivity index is 1.46. The molecule has 1 unspecified atom stereocenters. The van der Waals surface area contributed by atoms with Gasteiger partial charge in [0.05, 0.1) is 16.9 Å². The highest BCUT2D eigenvalue weighted by Gasteiger charge is 2.34. The molecule has 0 saturated heterocycles. The average Bonchev–Trinajstić information content (AvgIpc) is 3.36. The number of fused-ring (bicyclic) bond motifs is 3. The highest BCUT2D eigenvalue weighted by Crippen LogP contribution is 2.46. The van der Waals surface area contributed by atoms with Crippen LogP contribution in [-0.4, -0.2) is 21.7 Å². The van der Waals surface area contributed by atoms with Crippen molar-refractivity contribution in [3.63, 3.8) is 0 Å². The topological polar surface area (TPSA) is 73.1 Å². The lowest BCUT2D eigenvalue weighted by Gasteiger charge is -2.15. The van der Waals surface area contributed by atoms with Crippen molar-refractivity contribution in [1.29, 1.82) is 0 Å². The molecule has 2 aliphatic heterocycles. The summed E-state index contributed by atoms with van der Waals surface area (Å²) in [4.78, 5) is 8.89. The van der Waals surface area contributed by atoms with Crippen molar-refractivity contribution in [3.05, 3.63) is 69.3 Å². The third kappa shape index (κ3) is 2.87. The van der Waals surface area contributed by atoms with Gasteiger partial charge in [0.25, 0.3) is 0 Å². The molecule has 150 valence electrons. The number of aromatic nitrogens is 3. The fourth-order valence-corrected chi connectivity index (χ4v) is 4.71. The molecule has 2 aromatic carbocycles. The van der Waals surface area contributed by atoms with E-state index in [-0.39, 0.29) is 6.10 Å². The van der Waals surface area contributed by atoms with E-state index in [4.69, 9.17) is 32.5 Å². The molecule has 8 heteroatoms. The zero-order chi connectivity index (χ0) is 20.2. The molecule has 0 bridgehead atoms. The lowest BCUT2D eigenvalue weighted by Crippen LogP contribution is -2.24. The zero-order valence-corrected chi connectivity index (χ0v) is 17.3. The smallest absolute Gasteiger partial charge is 0.182 e. The van der Waals surface area contributed by atoms with Crippen molar-refractivity contribution in [1.82, 2.24) is 20.4 Å². The third-order valence-electron chi connectivity index (χ3n) is 5.68. The largest absolute Gasteiger partial charge is 0.481 e. The van der Waals surface area contributed by atoms with Gasteiger partial charge in [-0.25, -0.2) is 9.97 Å². The van der Waals surface area contributed by atoms with Crippen LogP contribution in [0.3, 0.4) is 0 Å². The molecule has 30 heavy (non-hydrogen) atoms. The first-order chi connectivity index (χ1) is 14.7. The van der Waals surface area contributed by atoms with Gasteiger partial charge in [0.2, 0.25) is 0 Å². The van der Waals surface area contributed by atoms with E-state index < -0.39 is 0 Å². The van der Waals surface area contributed by atoms with Crippen LogP contribution in [0.4, 0.5) is 0 Å². The normalized spacial score (nSPS) is 17.6. The molecule has 6 rings (SSSR count). The highest BCUT2D eigenvalue weighted by atomic mass is 35.5. The molecule has 0 aliphatic carbocycles. The van der Waals surface area contributed by atoms with Crippen LogP contribution in [0.5, 0.6) is 5.75 Å². The van der Waals surface area contributed by atoms with Gasteiger partial charge in [-0.05, 0) is 30.3 Å². The number of hydrogen-bond acceptors (Lipinski definition) is 6. The van der Waals surface area contributed by atoms with Crippen molar-refractivity contribution >= 4 is 34.1 Å². The van der Waals surface area contributed by atoms with Crippen LogP contribution < -0.4 is 10.1 Å². The number of nitrogens with one attached hydrogen (secondary N) is 1. The van der Waals surface area contributed by atoms with Gasteiger partial charge in [-0.1, -0.05) is 28.4 Å². The summed E-state index contributed by atoms with van der Waals surface area (Å²) in [5, 5.41) is 9.79. The van der Waals surface area contributed by atoms with Crippen molar-refractivity contribution in [2.45, 2.75) is 25.5 Å². The van der Waals surface area contributed by atoms with Gasteiger partial charge in [-0.15, -0.1) is 0 Å². The summed E-state index contributed by atoms with van der Waals surface area (Å²) in [6.07, 6.45) is 2.83. The molecule has 4 heterocycles. The van der Waals surface area contributed by atoms with Gasteiger partial charge >= 0.3 is 0 Å². The quantitative estimate of drug-likeness (QED) is 0.479. The summed E-state index contributed by atoms with van der Waals surface area (Å²) in [6, 6.07) is 9.41. The van der Waals surface area contributed by atoms with Gasteiger partial charge in [-0.3, -0.25) is 0 Å². The van der Waals surface area contributed by atoms with E-state index in [2.05, 4.69) is 20.4 Å². The Morgan fingerprint density at radius 2 is 2.00 bits per heavy atom. The lowest BCUT2D eigenvalue weighted by atomic mass is 9.99. The second-order valence-corrected chi connectivity index (χ2v) is 8.41. The first-order valence-electron chi connectivity index (χ1n) is 9.75. The molecule has 6 nitrogen and oxygen atoms in total. The highest BCUT2D eigenvalue weighted by molar-refractivity contribution is 6.31. The van der Waals surface area contributed by atoms with Crippen molar-refractivity contribution in [2.24, 2.45) is 0 Å². The second kappa shape index (κ2) is 6.94. The maximum absolute atomic E-state index is 6.48. The summed E-state index contributed by atoms with van der Waals surface area (Å²) in [6.45, 7) is 1.66. The standard InChI is InChI=1S/C22H16Cl2N4O2/c23-12-1-2-14-18(8-12)26-10-27-20(14)15-7-13(24)5-11-6-19(29-21(11)15)22-16-9-25-4-3-17(16)28-30-22/h1-2,5,7-8,10,19,25H,3-4,6,9H2. The Kier molecular flexibility index (Phi) is 4.19. The van der Waals surface area contributed by atoms with Crippen LogP contribution >= 0.6 is 23.2 Å². The minimum absolute atomic E-state index is 0.240. The third-order valence-corrected chi connectivity index (χ3v) is 6.14. The fraction of sp³-hybridized carbons (Fsp3) is 0.227. The minimum Gasteiger partial charge on any atom is -0.481 e. The van der Waals surface area contributed by atoms with Gasteiger partial charge in [0.1, 0.15) is 12.1 Å². The first-order valence-corrected chi connectivity index (χ1v) is 10.5. The van der Waals surface area contributed by atoms with Crippen molar-refractivity contribution in [3.8, 4) is 17.0 Å². The molecule has 0 amide bonds. The van der Waals surface area contributed by atoms with Crippen LogP contribution in [0.1, 0.15) is 28.7 Å². The van der Waals surface area contributed by atoms with E-state index in [9.17, 15) is 0 Å². The monoisotopic (exact) mass is 438 g/mol. The van der Waals surface area contributed by atoms with Gasteiger partial charge in [-0.2, -0.15) is 0 Å². The molecular weight excluding hydrogens is 423 g/mol. The first kappa shape index (κ1) is 18.1. The van der Waals surface area contributed by atoms with Crippen LogP contribution in [0.25, 0.3) is 22.2 Å². The van der Waals surface area contributed by atoms with E-state index in [1.165, 1.54) is 6.33 Å². The molecule has 0 spiro atoms. The molecule has 0 radical (unpaired) electrons. The Morgan fingerprint density at radius 3 is 2.93 bits per heavy atom. The fourth-order valence-electron chi connectivity index (χ4n) is 4.31. The number of hydrogen-bond donors (Lipinski definition) is 1. The van der Waals surface area contributed by atoms with Crippen LogP contribution in [0.2, 0.25) is 10.0 Å². The summed E-state index contributed by atoms with van der Waals surface area (Å²) in [5.74, 6) is 1.56. The molecule has 0 fully saturated rings. The van der Waals surface area contributed by atoms with Gasteiger partial charge in [0, 0.05) is 58.1 Å². The van der Waals surface area contributed by atoms with Crippen molar-refractivity contribution < 1.29 is 9.26 Å². The van der Waals surface area contributed by atoms with Crippen LogP contribution in [0, 0.1) is 0 Å². The average molecular weight is 439 g/mol. The van der Waals surface area contributed by atoms with Crippen molar-refractivity contribution in [2.75, 3.05) is 6.54 Å². The van der Waals surface area contributed by atoms with Gasteiger partial charge < -0.3 is 14.6 Å². The summed E-state index contributed by atoms with van der Waals surface area (Å²) in [5.41, 5.74) is 5.51. The van der Waals surface area contributed by atoms with E-state index >= 15 is 0 Å². The Labute approximate surface area is 182 Å². The molecule has 1 atom stereocenters. The molecular formula is C22H16Cl2N4O2. The zero-order valence-electron chi connectivity index (χ0n) is 15.8. The Bertz CT molecular complexity index is 1300. The molecule has 4 aromatic rings. The van der Waals surface area contributed by atoms with E-state index in [0.717, 1.165) is 70.0 Å². The number of benzene rings is 2. The number of rotatable bonds is 2. The van der Waals surface area contributed by atoms with Gasteiger partial charge in [0.15, 0.2) is 11.9 Å². The minimum atomic E-state index is -0.240. The molecule has 2 aromatic heterocycles. The van der Waals surface area contributed by atoms with Crippen LogP contribution in [0.15, 0.2) is 41.2 Å². The molecule has 1 N–H and O–H groups in total. The maximum atomic E-state index is 6.48. The second-order valence-electron chi connectivity index (χ2n) is 7.53. The summed E-state index contributed by atoms with van der Waals surface area (Å²) >= 11 is 12.6. The molecule has 2 aliphatic rings. The number of halogens is 2. The van der Waals surface area contributed by atoms with Crippen LogP contribution in [-0.2, 0) is 19.4 Å². The summed E-state index contributed by atoms with van der Waals surface area (Å²) in [7, 11) is 0. The van der Waals surface area contributed by atoms with E-state index in [1.54, 1.807) is 0 Å². The maximum Gasteiger partial charge on any atom is 0.182 e. The molecule has 0 saturated carbocycles. The lowest BCUT2D eigenvalue weighted by molar-refractivity contribution is 0.189. The Morgan fingerprint density at radius 1 is 1.07 bits per heavy atom. The Hall–Kier alpha value is -2.67. The SMILES string of the molecule is Clc1cc2c(c(-c3ncnc4cc(Cl)ccc34)c1)OC(c1onc3c1CNCC3)C2.